The highest BCUT2D eigenvalue weighted by Gasteiger charge is 2.29. The van der Waals surface area contributed by atoms with Crippen LogP contribution in [0.15, 0.2) is 42.7 Å². The van der Waals surface area contributed by atoms with Crippen LogP contribution < -0.4 is 11.1 Å². The molecule has 0 saturated heterocycles. The lowest BCUT2D eigenvalue weighted by Gasteiger charge is -2.17. The zero-order chi connectivity index (χ0) is 19.8. The number of aliphatic hydroxyl groups excluding tert-OH is 2. The molecule has 1 fully saturated rings. The fraction of sp³-hybridized carbons (Fsp3) is 0.333. The molecule has 146 valence electrons. The Hall–Kier alpha value is -2.90. The van der Waals surface area contributed by atoms with Crippen LogP contribution >= 0.6 is 0 Å². The third-order valence-corrected chi connectivity index (χ3v) is 5.38. The summed E-state index contributed by atoms with van der Waals surface area (Å²) in [4.78, 5) is 11.9. The highest BCUT2D eigenvalue weighted by molar-refractivity contribution is 6.02. The van der Waals surface area contributed by atoms with E-state index in [0.717, 1.165) is 16.6 Å². The molecule has 2 atom stereocenters. The van der Waals surface area contributed by atoms with Crippen molar-refractivity contribution >= 4 is 17.1 Å². The number of rotatable bonds is 7. The van der Waals surface area contributed by atoms with E-state index in [-0.39, 0.29) is 12.6 Å². The van der Waals surface area contributed by atoms with Crippen LogP contribution in [0.25, 0.3) is 16.6 Å². The molecule has 3 aromatic rings. The Labute approximate surface area is 162 Å². The van der Waals surface area contributed by atoms with Crippen molar-refractivity contribution in [3.8, 4) is 11.1 Å². The third-order valence-electron chi connectivity index (χ3n) is 5.38. The molecule has 1 amide bonds. The van der Waals surface area contributed by atoms with Gasteiger partial charge in [0.1, 0.15) is 6.10 Å². The van der Waals surface area contributed by atoms with Crippen LogP contribution in [0.4, 0.5) is 5.69 Å². The Bertz CT molecular complexity index is 1030. The molecule has 7 heteroatoms. The maximum Gasteiger partial charge on any atom is 0.252 e. The van der Waals surface area contributed by atoms with E-state index < -0.39 is 12.0 Å². The fourth-order valence-corrected chi connectivity index (χ4v) is 3.53. The van der Waals surface area contributed by atoms with E-state index in [4.69, 9.17) is 5.73 Å². The highest BCUT2D eigenvalue weighted by atomic mass is 16.3. The molecule has 1 aliphatic carbocycles. The minimum absolute atomic E-state index is 0.241. The number of hydrogen-bond acceptors (Lipinski definition) is 5. The second-order valence-corrected chi connectivity index (χ2v) is 7.45. The molecule has 0 radical (unpaired) electrons. The molecule has 0 bridgehead atoms. The van der Waals surface area contributed by atoms with Crippen LogP contribution in [0.2, 0.25) is 0 Å². The first-order chi connectivity index (χ1) is 13.5. The first kappa shape index (κ1) is 18.5. The first-order valence-electron chi connectivity index (χ1n) is 9.45. The normalized spacial score (nSPS) is 16.1. The molecule has 1 saturated carbocycles. The summed E-state index contributed by atoms with van der Waals surface area (Å²) in [5.74, 6) is 0.0938. The molecule has 1 aromatic carbocycles. The molecular formula is C21H24N4O3. The number of benzene rings is 1. The fourth-order valence-electron chi connectivity index (χ4n) is 3.53. The summed E-state index contributed by atoms with van der Waals surface area (Å²) >= 11 is 0. The van der Waals surface area contributed by atoms with Crippen molar-refractivity contribution < 1.29 is 15.0 Å². The number of carbonyl (C=O) groups is 1. The summed E-state index contributed by atoms with van der Waals surface area (Å²) in [6.45, 7) is 1.78. The monoisotopic (exact) mass is 380 g/mol. The minimum Gasteiger partial charge on any atom is -0.393 e. The predicted molar refractivity (Wildman–Crippen MR) is 107 cm³/mol. The van der Waals surface area contributed by atoms with E-state index >= 15 is 0 Å². The molecule has 2 aromatic heterocycles. The molecule has 28 heavy (non-hydrogen) atoms. The van der Waals surface area contributed by atoms with Crippen LogP contribution in [-0.2, 0) is 0 Å². The minimum atomic E-state index is -0.923. The quantitative estimate of drug-likeness (QED) is 0.502. The molecule has 1 aliphatic rings. The second-order valence-electron chi connectivity index (χ2n) is 7.45. The van der Waals surface area contributed by atoms with Gasteiger partial charge in [-0.2, -0.15) is 5.10 Å². The maximum atomic E-state index is 11.9. The number of nitrogens with one attached hydrogen (secondary N) is 1. The Morgan fingerprint density at radius 3 is 2.82 bits per heavy atom. The molecule has 7 nitrogen and oxygen atoms in total. The topological polar surface area (TPSA) is 113 Å². The summed E-state index contributed by atoms with van der Waals surface area (Å²) in [6, 6.07) is 9.56. The number of amides is 1. The Balaban J connectivity index is 1.79. The number of nitrogens with two attached hydrogens (primary N) is 1. The van der Waals surface area contributed by atoms with Crippen LogP contribution in [-0.4, -0.2) is 38.4 Å². The van der Waals surface area contributed by atoms with Crippen molar-refractivity contribution in [2.75, 3.05) is 11.9 Å². The van der Waals surface area contributed by atoms with Gasteiger partial charge in [0, 0.05) is 17.8 Å². The van der Waals surface area contributed by atoms with Crippen molar-refractivity contribution in [3.05, 3.63) is 53.9 Å². The van der Waals surface area contributed by atoms with Crippen LogP contribution in [0.5, 0.6) is 0 Å². The van der Waals surface area contributed by atoms with E-state index in [2.05, 4.69) is 17.3 Å². The number of anilines is 1. The van der Waals surface area contributed by atoms with Crippen molar-refractivity contribution in [1.29, 1.82) is 0 Å². The molecule has 1 unspecified atom stereocenters. The van der Waals surface area contributed by atoms with E-state index in [9.17, 15) is 15.0 Å². The average molecular weight is 380 g/mol. The van der Waals surface area contributed by atoms with Gasteiger partial charge in [-0.25, -0.2) is 4.52 Å². The summed E-state index contributed by atoms with van der Waals surface area (Å²) in [5, 5.41) is 26.9. The summed E-state index contributed by atoms with van der Waals surface area (Å²) in [5.41, 5.74) is 9.83. The number of aromatic nitrogens is 2. The standard InChI is InChI=1S/C21H24N4O3/c1-12(13-5-6-13)24-20-17(21(22)28)9-23-25-10-16(8-18(20)25)14-3-2-4-15(7-14)19(27)11-26/h2-4,7-10,12-13,19,24,26-27H,5-6,11H2,1H3,(H2,22,28)/t12?,19-/m0/s1. The van der Waals surface area contributed by atoms with Gasteiger partial charge in [0.2, 0.25) is 0 Å². The summed E-state index contributed by atoms with van der Waals surface area (Å²) in [6.07, 6.45) is 4.82. The summed E-state index contributed by atoms with van der Waals surface area (Å²) < 4.78 is 1.72. The first-order valence-corrected chi connectivity index (χ1v) is 9.45. The van der Waals surface area contributed by atoms with Crippen molar-refractivity contribution in [1.82, 2.24) is 9.61 Å². The number of aliphatic hydroxyl groups is 2. The van der Waals surface area contributed by atoms with E-state index in [1.165, 1.54) is 19.0 Å². The smallest absolute Gasteiger partial charge is 0.252 e. The molecule has 0 spiro atoms. The molecule has 4 rings (SSSR count). The van der Waals surface area contributed by atoms with Gasteiger partial charge in [0.25, 0.3) is 5.91 Å². The molecule has 5 N–H and O–H groups in total. The molecule has 2 heterocycles. The number of carbonyl (C=O) groups excluding carboxylic acids is 1. The number of hydrogen-bond donors (Lipinski definition) is 4. The van der Waals surface area contributed by atoms with Gasteiger partial charge >= 0.3 is 0 Å². The van der Waals surface area contributed by atoms with Gasteiger partial charge in [0.05, 0.1) is 29.6 Å². The third kappa shape index (κ3) is 3.46. The van der Waals surface area contributed by atoms with Gasteiger partial charge < -0.3 is 21.3 Å². The van der Waals surface area contributed by atoms with Gasteiger partial charge in [0.15, 0.2) is 0 Å². The Kier molecular flexibility index (Phi) is 4.78. The van der Waals surface area contributed by atoms with Crippen LogP contribution in [0.3, 0.4) is 0 Å². The van der Waals surface area contributed by atoms with E-state index in [0.29, 0.717) is 22.7 Å². The van der Waals surface area contributed by atoms with Crippen molar-refractivity contribution in [2.45, 2.75) is 31.9 Å². The number of fused-ring (bicyclic) bond motifs is 1. The maximum absolute atomic E-state index is 11.9. The van der Waals surface area contributed by atoms with E-state index in [1.54, 1.807) is 10.6 Å². The van der Waals surface area contributed by atoms with Crippen molar-refractivity contribution in [2.24, 2.45) is 11.7 Å². The zero-order valence-electron chi connectivity index (χ0n) is 15.7. The van der Waals surface area contributed by atoms with Gasteiger partial charge in [-0.1, -0.05) is 18.2 Å². The summed E-state index contributed by atoms with van der Waals surface area (Å²) in [7, 11) is 0. The van der Waals surface area contributed by atoms with Crippen molar-refractivity contribution in [3.63, 3.8) is 0 Å². The molecular weight excluding hydrogens is 356 g/mol. The van der Waals surface area contributed by atoms with Gasteiger partial charge in [-0.05, 0) is 48.9 Å². The Morgan fingerprint density at radius 1 is 1.36 bits per heavy atom. The SMILES string of the molecule is CC(Nc1c(C(N)=O)cnn2cc(-c3cccc([C@@H](O)CO)c3)cc12)C1CC1. The highest BCUT2D eigenvalue weighted by Crippen LogP contribution is 2.36. The van der Waals surface area contributed by atoms with Gasteiger partial charge in [-0.3, -0.25) is 4.79 Å². The average Bonchev–Trinajstić information content (AvgIpc) is 3.46. The molecule has 0 aliphatic heterocycles. The lowest BCUT2D eigenvalue weighted by Crippen LogP contribution is -2.22. The van der Waals surface area contributed by atoms with Crippen LogP contribution in [0, 0.1) is 5.92 Å². The van der Waals surface area contributed by atoms with Crippen LogP contribution in [0.1, 0.15) is 41.8 Å². The zero-order valence-corrected chi connectivity index (χ0v) is 15.7. The number of primary amides is 1. The largest absolute Gasteiger partial charge is 0.393 e. The lowest BCUT2D eigenvalue weighted by molar-refractivity contribution is 0.0956. The lowest BCUT2D eigenvalue weighted by atomic mass is 10.0. The second kappa shape index (κ2) is 7.26. The van der Waals surface area contributed by atoms with Gasteiger partial charge in [-0.15, -0.1) is 0 Å². The Morgan fingerprint density at radius 2 is 2.14 bits per heavy atom. The van der Waals surface area contributed by atoms with E-state index in [1.807, 2.05) is 30.5 Å². The predicted octanol–water partition coefficient (Wildman–Crippen LogP) is 2.34. The number of nitrogens with zero attached hydrogens (tertiary/aromatic N) is 2.